The molecular weight excluding hydrogens is 248 g/mol. The van der Waals surface area contributed by atoms with Crippen molar-refractivity contribution in [3.05, 3.63) is 29.8 Å². The van der Waals surface area contributed by atoms with Crippen molar-refractivity contribution in [2.24, 2.45) is 17.8 Å². The van der Waals surface area contributed by atoms with Crippen LogP contribution < -0.4 is 10.6 Å². The molecule has 0 radical (unpaired) electrons. The second-order valence-electron chi connectivity index (χ2n) is 6.37. The van der Waals surface area contributed by atoms with E-state index in [0.717, 1.165) is 13.0 Å². The van der Waals surface area contributed by atoms with Crippen molar-refractivity contribution in [3.8, 4) is 0 Å². The Morgan fingerprint density at radius 3 is 2.75 bits per heavy atom. The van der Waals surface area contributed by atoms with E-state index in [1.54, 1.807) is 0 Å². The maximum atomic E-state index is 12.4. The molecule has 1 aliphatic heterocycles. The van der Waals surface area contributed by atoms with Crippen LogP contribution in [0.3, 0.4) is 0 Å². The van der Waals surface area contributed by atoms with Gasteiger partial charge in [0.1, 0.15) is 0 Å². The van der Waals surface area contributed by atoms with Crippen LogP contribution in [-0.2, 0) is 11.2 Å². The zero-order valence-electron chi connectivity index (χ0n) is 12.9. The molecule has 20 heavy (non-hydrogen) atoms. The molecule has 0 spiro atoms. The van der Waals surface area contributed by atoms with Crippen molar-refractivity contribution in [2.75, 3.05) is 11.9 Å². The van der Waals surface area contributed by atoms with Crippen LogP contribution in [-0.4, -0.2) is 18.5 Å². The van der Waals surface area contributed by atoms with Crippen molar-refractivity contribution < 1.29 is 4.79 Å². The van der Waals surface area contributed by atoms with Gasteiger partial charge >= 0.3 is 0 Å². The number of fused-ring (bicyclic) bond motifs is 1. The van der Waals surface area contributed by atoms with Crippen molar-refractivity contribution in [3.63, 3.8) is 0 Å². The molecule has 1 aromatic rings. The largest absolute Gasteiger partial charge is 0.382 e. The lowest BCUT2D eigenvalue weighted by atomic mass is 9.87. The molecule has 2 N–H and O–H groups in total. The fraction of sp³-hybridized carbons (Fsp3) is 0.588. The summed E-state index contributed by atoms with van der Waals surface area (Å²) in [5.74, 6) is 1.30. The first kappa shape index (κ1) is 14.9. The Morgan fingerprint density at radius 1 is 1.35 bits per heavy atom. The second-order valence-corrected chi connectivity index (χ2v) is 6.37. The molecule has 2 rings (SSSR count). The molecule has 1 aliphatic rings. The molecule has 0 saturated carbocycles. The molecule has 0 aliphatic carbocycles. The van der Waals surface area contributed by atoms with Gasteiger partial charge in [0.05, 0.1) is 5.92 Å². The molecular formula is C17H26N2O. The maximum absolute atomic E-state index is 12.4. The summed E-state index contributed by atoms with van der Waals surface area (Å²) in [6.07, 6.45) is 0.826. The highest BCUT2D eigenvalue weighted by atomic mass is 16.1. The standard InChI is InChI=1S/C17H26N2O/c1-11(2)12(3)10-18-17(20)15-9-14-7-5-6-8-16(14)19-13(15)4/h5-8,11-13,15,19H,9-10H2,1-4H3,(H,18,20). The summed E-state index contributed by atoms with van der Waals surface area (Å²) in [7, 11) is 0. The second kappa shape index (κ2) is 6.29. The van der Waals surface area contributed by atoms with E-state index in [2.05, 4.69) is 50.5 Å². The Kier molecular flexibility index (Phi) is 4.69. The van der Waals surface area contributed by atoms with Gasteiger partial charge in [-0.1, -0.05) is 39.0 Å². The van der Waals surface area contributed by atoms with Gasteiger partial charge in [0.25, 0.3) is 0 Å². The molecule has 0 saturated heterocycles. The first-order chi connectivity index (χ1) is 9.49. The minimum atomic E-state index is 0.0178. The molecule has 0 bridgehead atoms. The van der Waals surface area contributed by atoms with E-state index < -0.39 is 0 Å². The van der Waals surface area contributed by atoms with Crippen molar-refractivity contribution in [1.29, 1.82) is 0 Å². The van der Waals surface area contributed by atoms with Crippen LogP contribution >= 0.6 is 0 Å². The fourth-order valence-electron chi connectivity index (χ4n) is 2.55. The third-order valence-corrected chi connectivity index (χ3v) is 4.52. The molecule has 3 nitrogen and oxygen atoms in total. The predicted molar refractivity (Wildman–Crippen MR) is 83.7 cm³/mol. The number of benzene rings is 1. The highest BCUT2D eigenvalue weighted by Crippen LogP contribution is 2.28. The van der Waals surface area contributed by atoms with E-state index in [1.807, 2.05) is 12.1 Å². The third-order valence-electron chi connectivity index (χ3n) is 4.52. The van der Waals surface area contributed by atoms with Gasteiger partial charge in [-0.15, -0.1) is 0 Å². The topological polar surface area (TPSA) is 41.1 Å². The maximum Gasteiger partial charge on any atom is 0.225 e. The van der Waals surface area contributed by atoms with Gasteiger partial charge in [0.2, 0.25) is 5.91 Å². The van der Waals surface area contributed by atoms with Crippen LogP contribution in [0, 0.1) is 17.8 Å². The Labute approximate surface area is 122 Å². The number of amides is 1. The van der Waals surface area contributed by atoms with E-state index in [9.17, 15) is 4.79 Å². The lowest BCUT2D eigenvalue weighted by Crippen LogP contribution is -2.44. The van der Waals surface area contributed by atoms with Gasteiger partial charge in [0.15, 0.2) is 0 Å². The summed E-state index contributed by atoms with van der Waals surface area (Å²) in [5, 5.41) is 6.56. The van der Waals surface area contributed by atoms with E-state index in [4.69, 9.17) is 0 Å². The van der Waals surface area contributed by atoms with Gasteiger partial charge in [0, 0.05) is 18.3 Å². The van der Waals surface area contributed by atoms with Crippen LogP contribution in [0.25, 0.3) is 0 Å². The number of hydrogen-bond donors (Lipinski definition) is 2. The molecule has 3 unspecified atom stereocenters. The molecule has 0 fully saturated rings. The lowest BCUT2D eigenvalue weighted by Gasteiger charge is -2.32. The quantitative estimate of drug-likeness (QED) is 0.886. The van der Waals surface area contributed by atoms with Crippen LogP contribution in [0.1, 0.15) is 33.3 Å². The van der Waals surface area contributed by atoms with E-state index in [1.165, 1.54) is 11.3 Å². The zero-order valence-corrected chi connectivity index (χ0v) is 12.9. The Bertz CT molecular complexity index is 470. The van der Waals surface area contributed by atoms with Crippen LogP contribution in [0.2, 0.25) is 0 Å². The summed E-state index contributed by atoms with van der Waals surface area (Å²) >= 11 is 0. The van der Waals surface area contributed by atoms with Crippen LogP contribution in [0.5, 0.6) is 0 Å². The normalized spacial score (nSPS) is 22.9. The van der Waals surface area contributed by atoms with Crippen molar-refractivity contribution in [1.82, 2.24) is 5.32 Å². The SMILES string of the molecule is CC(C)C(C)CNC(=O)C1Cc2ccccc2NC1C. The number of carbonyl (C=O) groups is 1. The monoisotopic (exact) mass is 274 g/mol. The van der Waals surface area contributed by atoms with E-state index in [0.29, 0.717) is 11.8 Å². The molecule has 1 heterocycles. The summed E-state index contributed by atoms with van der Waals surface area (Å²) < 4.78 is 0. The number of nitrogens with one attached hydrogen (secondary N) is 2. The van der Waals surface area contributed by atoms with Crippen LogP contribution in [0.15, 0.2) is 24.3 Å². The Balaban J connectivity index is 1.97. The average Bonchev–Trinajstić information content (AvgIpc) is 2.43. The van der Waals surface area contributed by atoms with Crippen LogP contribution in [0.4, 0.5) is 5.69 Å². The highest BCUT2D eigenvalue weighted by molar-refractivity contribution is 5.81. The van der Waals surface area contributed by atoms with Gasteiger partial charge < -0.3 is 10.6 Å². The van der Waals surface area contributed by atoms with Crippen molar-refractivity contribution in [2.45, 2.75) is 40.2 Å². The van der Waals surface area contributed by atoms with Gasteiger partial charge in [-0.25, -0.2) is 0 Å². The highest BCUT2D eigenvalue weighted by Gasteiger charge is 2.30. The summed E-state index contributed by atoms with van der Waals surface area (Å²) in [6.45, 7) is 9.42. The van der Waals surface area contributed by atoms with Crippen molar-refractivity contribution >= 4 is 11.6 Å². The number of para-hydroxylation sites is 1. The number of hydrogen-bond acceptors (Lipinski definition) is 2. The minimum Gasteiger partial charge on any atom is -0.382 e. The van der Waals surface area contributed by atoms with Gasteiger partial charge in [-0.3, -0.25) is 4.79 Å². The smallest absolute Gasteiger partial charge is 0.225 e. The molecule has 1 aromatic carbocycles. The summed E-state index contributed by atoms with van der Waals surface area (Å²) in [6, 6.07) is 8.43. The summed E-state index contributed by atoms with van der Waals surface area (Å²) in [4.78, 5) is 12.4. The number of carbonyl (C=O) groups excluding carboxylic acids is 1. The Morgan fingerprint density at radius 2 is 2.05 bits per heavy atom. The molecule has 3 atom stereocenters. The number of anilines is 1. The van der Waals surface area contributed by atoms with E-state index in [-0.39, 0.29) is 17.9 Å². The fourth-order valence-corrected chi connectivity index (χ4v) is 2.55. The molecule has 0 aromatic heterocycles. The lowest BCUT2D eigenvalue weighted by molar-refractivity contribution is -0.125. The zero-order chi connectivity index (χ0) is 14.7. The van der Waals surface area contributed by atoms with Gasteiger partial charge in [-0.05, 0) is 36.8 Å². The first-order valence-electron chi connectivity index (χ1n) is 7.61. The molecule has 110 valence electrons. The first-order valence-corrected chi connectivity index (χ1v) is 7.61. The van der Waals surface area contributed by atoms with Gasteiger partial charge in [-0.2, -0.15) is 0 Å². The molecule has 1 amide bonds. The average molecular weight is 274 g/mol. The third kappa shape index (κ3) is 3.33. The minimum absolute atomic E-state index is 0.0178. The Hall–Kier alpha value is -1.51. The predicted octanol–water partition coefficient (Wildman–Crippen LogP) is 3.07. The summed E-state index contributed by atoms with van der Waals surface area (Å²) in [5.41, 5.74) is 2.40. The van der Waals surface area contributed by atoms with E-state index >= 15 is 0 Å². The number of rotatable bonds is 4. The molecule has 3 heteroatoms.